The molecule has 4 aliphatic heterocycles. The summed E-state index contributed by atoms with van der Waals surface area (Å²) in [5, 5.41) is 13.0. The molecule has 4 aromatic rings. The van der Waals surface area contributed by atoms with Crippen molar-refractivity contribution in [3.8, 4) is 0 Å². The first-order valence-corrected chi connectivity index (χ1v) is 20.2. The van der Waals surface area contributed by atoms with E-state index in [-0.39, 0.29) is 59.6 Å². The Kier molecular flexibility index (Phi) is 13.7. The maximum Gasteiger partial charge on any atom is 0.317 e. The monoisotopic (exact) mass is 858 g/mol. The molecule has 8 rings (SSSR count). The standard InChI is InChI=1S/C23H24F2N4O3.C14H17FN2O.C8H9FN2O/c1-13-8-15(24)10-17-19(30)11-23(28-20(13)17)4-6-29(7-5-23)22(32)27-12-14-2-3-18(25)16(9-14)21(26)31;1-9-6-10(15)7-11-12(18)8-14(17-13(9)11)2-4-16-5-3-14;9-7-2-1-5(4-10)3-6(7)8(11)12/h2-3,8-10,28H,4-7,11-12H2,1H3,(H2,26,31)(H,27,32);6-7,16-17H,2-5,8H2,1H3;1-3H,4,10H2,(H2,11,12). The highest BCUT2D eigenvalue weighted by molar-refractivity contribution is 6.05. The van der Waals surface area contributed by atoms with Crippen LogP contribution in [-0.2, 0) is 13.1 Å². The highest BCUT2D eigenvalue weighted by atomic mass is 19.1. The minimum Gasteiger partial charge on any atom is -0.378 e. The van der Waals surface area contributed by atoms with Gasteiger partial charge in [0.05, 0.1) is 11.1 Å². The molecule has 17 heteroatoms. The third-order valence-electron chi connectivity index (χ3n) is 11.8. The van der Waals surface area contributed by atoms with Gasteiger partial charge in [0.1, 0.15) is 23.3 Å². The molecule has 4 amide bonds. The van der Waals surface area contributed by atoms with Crippen LogP contribution in [0.4, 0.5) is 33.7 Å². The van der Waals surface area contributed by atoms with E-state index in [1.54, 1.807) is 11.8 Å². The number of benzene rings is 4. The van der Waals surface area contributed by atoms with E-state index in [2.05, 4.69) is 21.3 Å². The SMILES string of the molecule is Cc1cc(F)cc2c1NC1(CCN(C(=O)NCc3ccc(F)c(C(N)=O)c3)CC1)CC2=O.Cc1cc(F)cc2c1NC1(CCNCC1)CC2=O.NCc1ccc(F)c(C(N)=O)c1. The first-order chi connectivity index (χ1) is 29.4. The van der Waals surface area contributed by atoms with Crippen molar-refractivity contribution >= 4 is 40.8 Å². The first kappa shape index (κ1) is 45.2. The number of amides is 4. The number of piperidine rings is 2. The van der Waals surface area contributed by atoms with Gasteiger partial charge in [-0.1, -0.05) is 12.1 Å². The zero-order chi connectivity index (χ0) is 44.9. The zero-order valence-electron chi connectivity index (χ0n) is 34.5. The van der Waals surface area contributed by atoms with Crippen LogP contribution < -0.4 is 38.5 Å². The summed E-state index contributed by atoms with van der Waals surface area (Å²) in [5.41, 5.74) is 19.6. The molecular weight excluding hydrogens is 809 g/mol. The third kappa shape index (κ3) is 10.2. The summed E-state index contributed by atoms with van der Waals surface area (Å²) >= 11 is 0. The Morgan fingerprint density at radius 3 is 1.60 bits per heavy atom. The van der Waals surface area contributed by atoms with Crippen molar-refractivity contribution in [2.24, 2.45) is 17.2 Å². The van der Waals surface area contributed by atoms with Gasteiger partial charge in [-0.3, -0.25) is 19.2 Å². The number of ketones is 2. The molecular formula is C45H50F4N8O5. The lowest BCUT2D eigenvalue weighted by atomic mass is 9.78. The fraction of sp³-hybridized carbons (Fsp3) is 0.356. The number of anilines is 2. The summed E-state index contributed by atoms with van der Waals surface area (Å²) in [6, 6.07) is 13.2. The number of urea groups is 1. The number of carbonyl (C=O) groups excluding carboxylic acids is 5. The topological polar surface area (TPSA) is 215 Å². The summed E-state index contributed by atoms with van der Waals surface area (Å²) < 4.78 is 53.5. The van der Waals surface area contributed by atoms with Crippen LogP contribution in [0.25, 0.3) is 0 Å². The van der Waals surface area contributed by atoms with Crippen LogP contribution in [-0.4, -0.2) is 71.6 Å². The van der Waals surface area contributed by atoms with Gasteiger partial charge in [0, 0.05) is 72.6 Å². The first-order valence-electron chi connectivity index (χ1n) is 20.2. The van der Waals surface area contributed by atoms with Gasteiger partial charge in [0.2, 0.25) is 0 Å². The van der Waals surface area contributed by atoms with Gasteiger partial charge in [0.15, 0.2) is 11.6 Å². The van der Waals surface area contributed by atoms with Gasteiger partial charge in [-0.05, 0) is 123 Å². The number of hydrogen-bond acceptors (Lipinski definition) is 9. The summed E-state index contributed by atoms with van der Waals surface area (Å²) in [4.78, 5) is 61.1. The molecule has 4 aromatic carbocycles. The number of nitrogens with zero attached hydrogens (tertiary/aromatic N) is 1. The maximum atomic E-state index is 13.7. The van der Waals surface area contributed by atoms with Gasteiger partial charge >= 0.3 is 6.03 Å². The molecule has 0 saturated carbocycles. The third-order valence-corrected chi connectivity index (χ3v) is 11.8. The van der Waals surface area contributed by atoms with Gasteiger partial charge in [-0.25, -0.2) is 22.4 Å². The average Bonchev–Trinajstić information content (AvgIpc) is 3.22. The lowest BCUT2D eigenvalue weighted by molar-refractivity contribution is 0.0910. The van der Waals surface area contributed by atoms with Crippen molar-refractivity contribution in [1.82, 2.24) is 15.5 Å². The molecule has 328 valence electrons. The normalized spacial score (nSPS) is 16.9. The van der Waals surface area contributed by atoms with Gasteiger partial charge in [0.25, 0.3) is 11.8 Å². The molecule has 2 fully saturated rings. The lowest BCUT2D eigenvalue weighted by Gasteiger charge is -2.45. The number of nitrogens with two attached hydrogens (primary N) is 3. The average molecular weight is 859 g/mol. The zero-order valence-corrected chi connectivity index (χ0v) is 34.5. The van der Waals surface area contributed by atoms with Crippen LogP contribution in [0.1, 0.15) is 102 Å². The Bertz CT molecular complexity index is 2410. The summed E-state index contributed by atoms with van der Waals surface area (Å²) in [6.45, 7) is 6.74. The summed E-state index contributed by atoms with van der Waals surface area (Å²) in [7, 11) is 0. The Balaban J connectivity index is 0.000000178. The van der Waals surface area contributed by atoms with E-state index in [9.17, 15) is 41.5 Å². The van der Waals surface area contributed by atoms with Crippen molar-refractivity contribution in [3.05, 3.63) is 128 Å². The van der Waals surface area contributed by atoms with E-state index in [0.717, 1.165) is 43.2 Å². The van der Waals surface area contributed by atoms with E-state index < -0.39 is 34.8 Å². The minimum absolute atomic E-state index is 0.0632. The Morgan fingerprint density at radius 2 is 1.13 bits per heavy atom. The molecule has 10 N–H and O–H groups in total. The molecule has 0 aliphatic carbocycles. The maximum absolute atomic E-state index is 13.7. The number of likely N-dealkylation sites (tertiary alicyclic amines) is 1. The number of carbonyl (C=O) groups is 5. The van der Waals surface area contributed by atoms with Gasteiger partial charge in [-0.2, -0.15) is 0 Å². The predicted molar refractivity (Wildman–Crippen MR) is 226 cm³/mol. The van der Waals surface area contributed by atoms with E-state index in [1.807, 2.05) is 6.92 Å². The Labute approximate surface area is 356 Å². The number of halogens is 4. The molecule has 0 unspecified atom stereocenters. The Hall–Kier alpha value is -6.33. The molecule has 0 atom stereocenters. The van der Waals surface area contributed by atoms with Crippen molar-refractivity contribution in [1.29, 1.82) is 0 Å². The van der Waals surface area contributed by atoms with Crippen LogP contribution in [0.15, 0.2) is 60.7 Å². The number of rotatable bonds is 5. The van der Waals surface area contributed by atoms with E-state index in [0.29, 0.717) is 65.9 Å². The van der Waals surface area contributed by atoms with Gasteiger partial charge < -0.3 is 43.4 Å². The van der Waals surface area contributed by atoms with Crippen molar-refractivity contribution < 1.29 is 41.5 Å². The van der Waals surface area contributed by atoms with Crippen molar-refractivity contribution in [2.75, 3.05) is 36.8 Å². The number of Topliss-reactive ketones (excluding diaryl/α,β-unsaturated/α-hetero) is 2. The van der Waals surface area contributed by atoms with E-state index in [1.165, 1.54) is 54.6 Å². The second-order valence-corrected chi connectivity index (χ2v) is 16.3. The van der Waals surface area contributed by atoms with Crippen LogP contribution in [0.5, 0.6) is 0 Å². The summed E-state index contributed by atoms with van der Waals surface area (Å²) in [5.74, 6) is -3.75. The van der Waals surface area contributed by atoms with Crippen LogP contribution >= 0.6 is 0 Å². The largest absolute Gasteiger partial charge is 0.378 e. The van der Waals surface area contributed by atoms with Crippen molar-refractivity contribution in [3.63, 3.8) is 0 Å². The molecule has 4 heterocycles. The van der Waals surface area contributed by atoms with E-state index in [4.69, 9.17) is 17.2 Å². The minimum atomic E-state index is -0.869. The molecule has 62 heavy (non-hydrogen) atoms. The number of nitrogens with one attached hydrogen (secondary N) is 4. The molecule has 2 saturated heterocycles. The fourth-order valence-corrected chi connectivity index (χ4v) is 8.38. The number of primary amides is 2. The quantitative estimate of drug-likeness (QED) is 0.122. The highest BCUT2D eigenvalue weighted by Gasteiger charge is 2.42. The lowest BCUT2D eigenvalue weighted by Crippen LogP contribution is -2.55. The fourth-order valence-electron chi connectivity index (χ4n) is 8.38. The Morgan fingerprint density at radius 1 is 0.677 bits per heavy atom. The molecule has 0 bridgehead atoms. The second-order valence-electron chi connectivity index (χ2n) is 16.3. The van der Waals surface area contributed by atoms with Crippen LogP contribution in [0.2, 0.25) is 0 Å². The smallest absolute Gasteiger partial charge is 0.317 e. The van der Waals surface area contributed by atoms with Crippen LogP contribution in [0.3, 0.4) is 0 Å². The summed E-state index contributed by atoms with van der Waals surface area (Å²) in [6.07, 6.45) is 3.76. The molecule has 13 nitrogen and oxygen atoms in total. The molecule has 2 spiro atoms. The van der Waals surface area contributed by atoms with Crippen LogP contribution in [0, 0.1) is 37.1 Å². The second kappa shape index (κ2) is 18.7. The molecule has 0 radical (unpaired) electrons. The van der Waals surface area contributed by atoms with Gasteiger partial charge in [-0.15, -0.1) is 0 Å². The highest BCUT2D eigenvalue weighted by Crippen LogP contribution is 2.40. The predicted octanol–water partition coefficient (Wildman–Crippen LogP) is 5.75. The number of hydrogen-bond donors (Lipinski definition) is 7. The van der Waals surface area contributed by atoms with Crippen molar-refractivity contribution in [2.45, 2.75) is 76.5 Å². The number of fused-ring (bicyclic) bond motifs is 2. The molecule has 0 aromatic heterocycles. The van der Waals surface area contributed by atoms with E-state index >= 15 is 0 Å². The number of aryl methyl sites for hydroxylation is 2. The molecule has 4 aliphatic rings.